The Morgan fingerprint density at radius 2 is 2.24 bits per heavy atom. The van der Waals surface area contributed by atoms with Crippen molar-refractivity contribution < 1.29 is 4.74 Å². The number of thiazole rings is 1. The summed E-state index contributed by atoms with van der Waals surface area (Å²) in [6, 6.07) is 4.77. The Morgan fingerprint density at radius 1 is 1.43 bits per heavy atom. The Balaban J connectivity index is 1.61. The molecule has 1 aliphatic rings. The van der Waals surface area contributed by atoms with Crippen molar-refractivity contribution in [3.63, 3.8) is 0 Å². The van der Waals surface area contributed by atoms with Crippen molar-refractivity contribution in [2.75, 3.05) is 38.3 Å². The first kappa shape index (κ1) is 15.0. The van der Waals surface area contributed by atoms with Gasteiger partial charge in [0.1, 0.15) is 0 Å². The van der Waals surface area contributed by atoms with E-state index >= 15 is 0 Å². The average molecular weight is 323 g/mol. The van der Waals surface area contributed by atoms with Gasteiger partial charge in [-0.3, -0.25) is 4.90 Å². The lowest BCUT2D eigenvalue weighted by Gasteiger charge is -2.26. The molecule has 3 heterocycles. The Morgan fingerprint density at radius 3 is 2.95 bits per heavy atom. The number of aromatic nitrogens is 1. The number of nitrogens with zero attached hydrogens (tertiary/aromatic N) is 3. The van der Waals surface area contributed by atoms with Gasteiger partial charge in [0.25, 0.3) is 0 Å². The second-order valence-electron chi connectivity index (χ2n) is 5.32. The molecule has 1 atom stereocenters. The van der Waals surface area contributed by atoms with Crippen molar-refractivity contribution in [2.45, 2.75) is 19.5 Å². The maximum Gasteiger partial charge on any atom is 0.185 e. The summed E-state index contributed by atoms with van der Waals surface area (Å²) in [5.41, 5.74) is 0. The Labute approximate surface area is 134 Å². The molecule has 114 valence electrons. The van der Waals surface area contributed by atoms with Gasteiger partial charge >= 0.3 is 0 Å². The minimum atomic E-state index is 0.443. The van der Waals surface area contributed by atoms with Crippen LogP contribution in [0, 0.1) is 0 Å². The number of morpholine rings is 1. The predicted octanol–water partition coefficient (Wildman–Crippen LogP) is 3.23. The Kier molecular flexibility index (Phi) is 4.90. The molecule has 1 aliphatic heterocycles. The number of thiophene rings is 1. The number of rotatable bonds is 5. The largest absolute Gasteiger partial charge is 0.378 e. The maximum atomic E-state index is 5.39. The zero-order valence-corrected chi connectivity index (χ0v) is 14.1. The van der Waals surface area contributed by atoms with Gasteiger partial charge in [0.05, 0.1) is 13.2 Å². The molecule has 21 heavy (non-hydrogen) atoms. The van der Waals surface area contributed by atoms with Crippen LogP contribution in [0.25, 0.3) is 0 Å². The molecular formula is C15H21N3OS2. The highest BCUT2D eigenvalue weighted by molar-refractivity contribution is 7.15. The van der Waals surface area contributed by atoms with Crippen LogP contribution in [0.15, 0.2) is 23.7 Å². The fraction of sp³-hybridized carbons (Fsp3) is 0.533. The van der Waals surface area contributed by atoms with E-state index in [1.165, 1.54) is 9.75 Å². The SMILES string of the molecule is CC(c1cccs1)N(C)Cc1cnc(N2CCOCC2)s1. The molecule has 0 spiro atoms. The van der Waals surface area contributed by atoms with Crippen LogP contribution in [0.4, 0.5) is 5.13 Å². The molecule has 2 aromatic heterocycles. The molecule has 0 radical (unpaired) electrons. The van der Waals surface area contributed by atoms with Crippen molar-refractivity contribution in [3.8, 4) is 0 Å². The normalized spacial score (nSPS) is 17.4. The van der Waals surface area contributed by atoms with Crippen LogP contribution >= 0.6 is 22.7 Å². The van der Waals surface area contributed by atoms with Crippen molar-refractivity contribution in [2.24, 2.45) is 0 Å². The fourth-order valence-electron chi connectivity index (χ4n) is 2.40. The molecule has 4 nitrogen and oxygen atoms in total. The third-order valence-corrected chi connectivity index (χ3v) is 5.93. The van der Waals surface area contributed by atoms with Crippen LogP contribution in [0.3, 0.4) is 0 Å². The average Bonchev–Trinajstić information content (AvgIpc) is 3.19. The van der Waals surface area contributed by atoms with Gasteiger partial charge in [-0.25, -0.2) is 4.98 Å². The lowest BCUT2D eigenvalue weighted by Crippen LogP contribution is -2.36. The molecule has 0 N–H and O–H groups in total. The quantitative estimate of drug-likeness (QED) is 0.844. The molecule has 0 saturated carbocycles. The van der Waals surface area contributed by atoms with Gasteiger partial charge < -0.3 is 9.64 Å². The summed E-state index contributed by atoms with van der Waals surface area (Å²) >= 11 is 3.63. The van der Waals surface area contributed by atoms with Crippen LogP contribution in [-0.2, 0) is 11.3 Å². The summed E-state index contributed by atoms with van der Waals surface area (Å²) in [6.45, 7) is 6.73. The topological polar surface area (TPSA) is 28.6 Å². The zero-order valence-electron chi connectivity index (χ0n) is 12.5. The third kappa shape index (κ3) is 3.63. The van der Waals surface area contributed by atoms with Gasteiger partial charge in [0.15, 0.2) is 5.13 Å². The van der Waals surface area contributed by atoms with Gasteiger partial charge in [0, 0.05) is 41.6 Å². The van der Waals surface area contributed by atoms with Crippen LogP contribution in [0.2, 0.25) is 0 Å². The number of hydrogen-bond donors (Lipinski definition) is 0. The lowest BCUT2D eigenvalue weighted by atomic mass is 10.2. The van der Waals surface area contributed by atoms with E-state index in [4.69, 9.17) is 4.74 Å². The van der Waals surface area contributed by atoms with E-state index < -0.39 is 0 Å². The molecule has 1 fully saturated rings. The third-order valence-electron chi connectivity index (χ3n) is 3.84. The molecule has 0 bridgehead atoms. The van der Waals surface area contributed by atoms with Crippen LogP contribution in [0.5, 0.6) is 0 Å². The summed E-state index contributed by atoms with van der Waals surface area (Å²) in [5, 5.41) is 3.27. The highest BCUT2D eigenvalue weighted by atomic mass is 32.1. The highest BCUT2D eigenvalue weighted by Gasteiger charge is 2.17. The van der Waals surface area contributed by atoms with Crippen molar-refractivity contribution in [1.82, 2.24) is 9.88 Å². The van der Waals surface area contributed by atoms with Crippen molar-refractivity contribution >= 4 is 27.8 Å². The molecule has 2 aromatic rings. The number of ether oxygens (including phenoxy) is 1. The summed E-state index contributed by atoms with van der Waals surface area (Å²) in [6.07, 6.45) is 2.02. The molecule has 0 aliphatic carbocycles. The van der Waals surface area contributed by atoms with Crippen LogP contribution in [-0.4, -0.2) is 43.2 Å². The summed E-state index contributed by atoms with van der Waals surface area (Å²) in [5.74, 6) is 0. The Hall–Kier alpha value is -0.950. The van der Waals surface area contributed by atoms with Gasteiger partial charge in [0.2, 0.25) is 0 Å². The maximum absolute atomic E-state index is 5.39. The van der Waals surface area contributed by atoms with E-state index in [0.717, 1.165) is 38.0 Å². The van der Waals surface area contributed by atoms with E-state index in [0.29, 0.717) is 6.04 Å². The minimum absolute atomic E-state index is 0.443. The second kappa shape index (κ2) is 6.87. The fourth-order valence-corrected chi connectivity index (χ4v) is 4.27. The monoisotopic (exact) mass is 323 g/mol. The van der Waals surface area contributed by atoms with E-state index in [1.807, 2.05) is 17.5 Å². The second-order valence-corrected chi connectivity index (χ2v) is 7.39. The zero-order chi connectivity index (χ0) is 14.7. The van der Waals surface area contributed by atoms with Crippen LogP contribution < -0.4 is 4.90 Å². The minimum Gasteiger partial charge on any atom is -0.378 e. The lowest BCUT2D eigenvalue weighted by molar-refractivity contribution is 0.122. The Bertz CT molecular complexity index is 549. The number of anilines is 1. The van der Waals surface area contributed by atoms with E-state index in [2.05, 4.69) is 46.3 Å². The molecule has 1 saturated heterocycles. The van der Waals surface area contributed by atoms with Gasteiger partial charge in [-0.1, -0.05) is 6.07 Å². The molecule has 0 amide bonds. The molecule has 1 unspecified atom stereocenters. The molecule has 6 heteroatoms. The van der Waals surface area contributed by atoms with Crippen LogP contribution in [0.1, 0.15) is 22.7 Å². The van der Waals surface area contributed by atoms with E-state index in [9.17, 15) is 0 Å². The predicted molar refractivity (Wildman–Crippen MR) is 89.3 cm³/mol. The molecule has 3 rings (SSSR count). The summed E-state index contributed by atoms with van der Waals surface area (Å²) in [7, 11) is 2.18. The van der Waals surface area contributed by atoms with Crippen molar-refractivity contribution in [3.05, 3.63) is 33.5 Å². The van der Waals surface area contributed by atoms with Gasteiger partial charge in [-0.2, -0.15) is 0 Å². The summed E-state index contributed by atoms with van der Waals surface area (Å²) in [4.78, 5) is 12.0. The summed E-state index contributed by atoms with van der Waals surface area (Å²) < 4.78 is 5.39. The van der Waals surface area contributed by atoms with Gasteiger partial charge in [-0.05, 0) is 25.4 Å². The van der Waals surface area contributed by atoms with E-state index in [1.54, 1.807) is 11.3 Å². The molecule has 0 aromatic carbocycles. The standard InChI is InChI=1S/C15H21N3OS2/c1-12(14-4-3-9-20-14)17(2)11-13-10-16-15(21-13)18-5-7-19-8-6-18/h3-4,9-10,12H,5-8,11H2,1-2H3. The molecular weight excluding hydrogens is 302 g/mol. The number of hydrogen-bond acceptors (Lipinski definition) is 6. The van der Waals surface area contributed by atoms with Gasteiger partial charge in [-0.15, -0.1) is 22.7 Å². The van der Waals surface area contributed by atoms with E-state index in [-0.39, 0.29) is 0 Å². The first-order valence-electron chi connectivity index (χ1n) is 7.25. The highest BCUT2D eigenvalue weighted by Crippen LogP contribution is 2.28. The first-order valence-corrected chi connectivity index (χ1v) is 8.94. The smallest absolute Gasteiger partial charge is 0.185 e. The van der Waals surface area contributed by atoms with Crippen molar-refractivity contribution in [1.29, 1.82) is 0 Å². The first-order chi connectivity index (χ1) is 10.2.